The zero-order valence-electron chi connectivity index (χ0n) is 9.72. The second-order valence-electron chi connectivity index (χ2n) is 4.47. The lowest BCUT2D eigenvalue weighted by atomic mass is 9.89. The van der Waals surface area contributed by atoms with E-state index >= 15 is 0 Å². The first-order valence-corrected chi connectivity index (χ1v) is 6.18. The molecule has 1 aromatic rings. The van der Waals surface area contributed by atoms with E-state index in [0.717, 1.165) is 25.9 Å². The third-order valence-corrected chi connectivity index (χ3v) is 3.54. The number of ketones is 1. The molecular weight excluding hydrogens is 241 g/mol. The van der Waals surface area contributed by atoms with E-state index in [0.29, 0.717) is 16.1 Å². The molecule has 1 heterocycles. The largest absolute Gasteiger partial charge is 0.317 e. The summed E-state index contributed by atoms with van der Waals surface area (Å²) in [5.41, 5.74) is 0.790. The molecule has 0 radical (unpaired) electrons. The summed E-state index contributed by atoms with van der Waals surface area (Å²) in [5, 5.41) is 3.55. The standard InChI is InChI=1S/C13H15ClFNO/c1-8-6-11(14)10(7-12(8)15)13(17)9-2-4-16-5-3-9/h6-7,9,16H,2-5H2,1H3. The average Bonchev–Trinajstić information content (AvgIpc) is 2.34. The van der Waals surface area contributed by atoms with Crippen LogP contribution in [0.4, 0.5) is 4.39 Å². The van der Waals surface area contributed by atoms with Crippen LogP contribution in [0.1, 0.15) is 28.8 Å². The Balaban J connectivity index is 2.26. The highest BCUT2D eigenvalue weighted by Gasteiger charge is 2.24. The average molecular weight is 256 g/mol. The predicted molar refractivity (Wildman–Crippen MR) is 66.1 cm³/mol. The lowest BCUT2D eigenvalue weighted by Crippen LogP contribution is -2.32. The van der Waals surface area contributed by atoms with Crippen molar-refractivity contribution in [3.05, 3.63) is 34.1 Å². The van der Waals surface area contributed by atoms with Crippen LogP contribution in [0, 0.1) is 18.7 Å². The Morgan fingerprint density at radius 3 is 2.71 bits per heavy atom. The molecule has 1 aliphatic heterocycles. The van der Waals surface area contributed by atoms with Crippen molar-refractivity contribution in [2.75, 3.05) is 13.1 Å². The van der Waals surface area contributed by atoms with Crippen molar-refractivity contribution in [1.29, 1.82) is 0 Å². The van der Waals surface area contributed by atoms with Crippen LogP contribution >= 0.6 is 11.6 Å². The van der Waals surface area contributed by atoms with Gasteiger partial charge in [0.2, 0.25) is 0 Å². The van der Waals surface area contributed by atoms with E-state index in [-0.39, 0.29) is 17.5 Å². The smallest absolute Gasteiger partial charge is 0.167 e. The Hall–Kier alpha value is -0.930. The van der Waals surface area contributed by atoms with Gasteiger partial charge in [-0.05, 0) is 50.6 Å². The lowest BCUT2D eigenvalue weighted by Gasteiger charge is -2.21. The van der Waals surface area contributed by atoms with E-state index in [4.69, 9.17) is 11.6 Å². The van der Waals surface area contributed by atoms with Crippen LogP contribution < -0.4 is 5.32 Å². The summed E-state index contributed by atoms with van der Waals surface area (Å²) in [6.45, 7) is 3.31. The van der Waals surface area contributed by atoms with Crippen molar-refractivity contribution in [2.45, 2.75) is 19.8 Å². The molecule has 0 aromatic heterocycles. The van der Waals surface area contributed by atoms with Gasteiger partial charge in [0.1, 0.15) is 5.82 Å². The highest BCUT2D eigenvalue weighted by atomic mass is 35.5. The van der Waals surface area contributed by atoms with Crippen molar-refractivity contribution in [2.24, 2.45) is 5.92 Å². The highest BCUT2D eigenvalue weighted by molar-refractivity contribution is 6.34. The first kappa shape index (κ1) is 12.5. The second kappa shape index (κ2) is 5.15. The zero-order valence-corrected chi connectivity index (χ0v) is 10.5. The van der Waals surface area contributed by atoms with E-state index in [1.807, 2.05) is 0 Å². The van der Waals surface area contributed by atoms with Crippen LogP contribution in [-0.4, -0.2) is 18.9 Å². The van der Waals surface area contributed by atoms with Gasteiger partial charge in [0.25, 0.3) is 0 Å². The van der Waals surface area contributed by atoms with Gasteiger partial charge < -0.3 is 5.32 Å². The molecule has 0 atom stereocenters. The van der Waals surface area contributed by atoms with E-state index in [1.54, 1.807) is 6.92 Å². The maximum atomic E-state index is 13.5. The fourth-order valence-corrected chi connectivity index (χ4v) is 2.45. The predicted octanol–water partition coefficient (Wildman–Crippen LogP) is 2.97. The summed E-state index contributed by atoms with van der Waals surface area (Å²) in [6.07, 6.45) is 1.59. The van der Waals surface area contributed by atoms with Gasteiger partial charge in [-0.1, -0.05) is 11.6 Å². The summed E-state index contributed by atoms with van der Waals surface area (Å²) in [4.78, 5) is 12.2. The van der Waals surface area contributed by atoms with Crippen LogP contribution in [0.5, 0.6) is 0 Å². The monoisotopic (exact) mass is 255 g/mol. The lowest BCUT2D eigenvalue weighted by molar-refractivity contribution is 0.0895. The van der Waals surface area contributed by atoms with Gasteiger partial charge in [-0.3, -0.25) is 4.79 Å². The van der Waals surface area contributed by atoms with Crippen LogP contribution in [0.15, 0.2) is 12.1 Å². The molecule has 1 aromatic carbocycles. The number of piperidine rings is 1. The minimum absolute atomic E-state index is 0.0316. The van der Waals surface area contributed by atoms with Gasteiger partial charge in [-0.25, -0.2) is 4.39 Å². The fourth-order valence-electron chi connectivity index (χ4n) is 2.14. The number of halogens is 2. The van der Waals surface area contributed by atoms with E-state index < -0.39 is 0 Å². The van der Waals surface area contributed by atoms with Gasteiger partial charge >= 0.3 is 0 Å². The van der Waals surface area contributed by atoms with E-state index in [1.165, 1.54) is 12.1 Å². The number of Topliss-reactive ketones (excluding diaryl/α,β-unsaturated/α-hetero) is 1. The van der Waals surface area contributed by atoms with Crippen LogP contribution in [0.3, 0.4) is 0 Å². The number of hydrogen-bond acceptors (Lipinski definition) is 2. The maximum absolute atomic E-state index is 13.5. The van der Waals surface area contributed by atoms with Gasteiger partial charge in [0, 0.05) is 11.5 Å². The molecular formula is C13H15ClFNO. The summed E-state index contributed by atoms with van der Waals surface area (Å²) in [6, 6.07) is 2.78. The van der Waals surface area contributed by atoms with E-state index in [2.05, 4.69) is 5.32 Å². The van der Waals surface area contributed by atoms with Gasteiger partial charge in [-0.2, -0.15) is 0 Å². The fraction of sp³-hybridized carbons (Fsp3) is 0.462. The molecule has 0 saturated carbocycles. The molecule has 1 N–H and O–H groups in total. The van der Waals surface area contributed by atoms with Crippen molar-refractivity contribution in [3.8, 4) is 0 Å². The minimum atomic E-state index is -0.369. The quantitative estimate of drug-likeness (QED) is 0.824. The van der Waals surface area contributed by atoms with Crippen LogP contribution in [0.25, 0.3) is 0 Å². The number of nitrogens with one attached hydrogen (secondary N) is 1. The number of aryl methyl sites for hydroxylation is 1. The Morgan fingerprint density at radius 2 is 2.06 bits per heavy atom. The first-order chi connectivity index (χ1) is 8.09. The van der Waals surface area contributed by atoms with Crippen molar-refractivity contribution < 1.29 is 9.18 Å². The normalized spacial score (nSPS) is 17.1. The molecule has 0 amide bonds. The number of benzene rings is 1. The zero-order chi connectivity index (χ0) is 12.4. The SMILES string of the molecule is Cc1cc(Cl)c(C(=O)C2CCNCC2)cc1F. The first-order valence-electron chi connectivity index (χ1n) is 5.80. The van der Waals surface area contributed by atoms with Crippen molar-refractivity contribution in [3.63, 3.8) is 0 Å². The molecule has 4 heteroatoms. The molecule has 0 spiro atoms. The van der Waals surface area contributed by atoms with Crippen molar-refractivity contribution in [1.82, 2.24) is 5.32 Å². The third kappa shape index (κ3) is 2.67. The van der Waals surface area contributed by atoms with Crippen LogP contribution in [0.2, 0.25) is 5.02 Å². The molecule has 1 fully saturated rings. The molecule has 92 valence electrons. The summed E-state index contributed by atoms with van der Waals surface area (Å²) < 4.78 is 13.5. The Kier molecular flexibility index (Phi) is 3.79. The topological polar surface area (TPSA) is 29.1 Å². The number of carbonyl (C=O) groups is 1. The van der Waals surface area contributed by atoms with Crippen molar-refractivity contribution >= 4 is 17.4 Å². The second-order valence-corrected chi connectivity index (χ2v) is 4.88. The number of rotatable bonds is 2. The molecule has 1 aliphatic rings. The molecule has 0 aliphatic carbocycles. The molecule has 1 saturated heterocycles. The summed E-state index contributed by atoms with van der Waals surface area (Å²) in [7, 11) is 0. The molecule has 0 bridgehead atoms. The number of carbonyl (C=O) groups excluding carboxylic acids is 1. The molecule has 0 unspecified atom stereocenters. The molecule has 2 rings (SSSR count). The Morgan fingerprint density at radius 1 is 1.41 bits per heavy atom. The molecule has 17 heavy (non-hydrogen) atoms. The highest BCUT2D eigenvalue weighted by Crippen LogP contribution is 2.26. The van der Waals surface area contributed by atoms with E-state index in [9.17, 15) is 9.18 Å². The maximum Gasteiger partial charge on any atom is 0.167 e. The van der Waals surface area contributed by atoms with Gasteiger partial charge in [0.15, 0.2) is 5.78 Å². The Bertz CT molecular complexity index is 441. The van der Waals surface area contributed by atoms with Gasteiger partial charge in [-0.15, -0.1) is 0 Å². The Labute approximate surface area is 105 Å². The van der Waals surface area contributed by atoms with Gasteiger partial charge in [0.05, 0.1) is 5.02 Å². The number of hydrogen-bond donors (Lipinski definition) is 1. The van der Waals surface area contributed by atoms with Crippen LogP contribution in [-0.2, 0) is 0 Å². The summed E-state index contributed by atoms with van der Waals surface area (Å²) in [5.74, 6) is -0.432. The minimum Gasteiger partial charge on any atom is -0.317 e. The third-order valence-electron chi connectivity index (χ3n) is 3.22. The molecule has 2 nitrogen and oxygen atoms in total. The summed E-state index contributed by atoms with van der Waals surface area (Å²) >= 11 is 6.01.